The highest BCUT2D eigenvalue weighted by atomic mass is 35.5. The van der Waals surface area contributed by atoms with Gasteiger partial charge in [0.15, 0.2) is 0 Å². The molecule has 0 aliphatic carbocycles. The van der Waals surface area contributed by atoms with E-state index in [9.17, 15) is 4.39 Å². The lowest BCUT2D eigenvalue weighted by molar-refractivity contribution is 0.593. The lowest BCUT2D eigenvalue weighted by Gasteiger charge is -2.14. The Morgan fingerprint density at radius 1 is 0.952 bits per heavy atom. The van der Waals surface area contributed by atoms with Gasteiger partial charge >= 0.3 is 0 Å². The second kappa shape index (κ2) is 5.84. The van der Waals surface area contributed by atoms with Crippen molar-refractivity contribution < 1.29 is 4.39 Å². The molecular formula is C18H15ClFN. The Hall–Kier alpha value is -1.90. The number of nitrogens with two attached hydrogens (primary N) is 1. The van der Waals surface area contributed by atoms with Gasteiger partial charge in [-0.1, -0.05) is 54.1 Å². The number of hydrogen-bond donors (Lipinski definition) is 1. The topological polar surface area (TPSA) is 26.0 Å². The molecule has 1 nitrogen and oxygen atoms in total. The van der Waals surface area contributed by atoms with E-state index in [0.717, 1.165) is 10.9 Å². The molecule has 3 aromatic rings. The van der Waals surface area contributed by atoms with Crippen LogP contribution in [0.5, 0.6) is 0 Å². The summed E-state index contributed by atoms with van der Waals surface area (Å²) in [6.45, 7) is 0. The fourth-order valence-electron chi connectivity index (χ4n) is 2.48. The van der Waals surface area contributed by atoms with Gasteiger partial charge in [-0.25, -0.2) is 4.39 Å². The van der Waals surface area contributed by atoms with Gasteiger partial charge in [0.2, 0.25) is 0 Å². The van der Waals surface area contributed by atoms with Crippen molar-refractivity contribution in [2.45, 2.75) is 12.5 Å². The van der Waals surface area contributed by atoms with E-state index in [1.165, 1.54) is 11.5 Å². The predicted molar refractivity (Wildman–Crippen MR) is 86.0 cm³/mol. The van der Waals surface area contributed by atoms with E-state index in [1.54, 1.807) is 12.1 Å². The SMILES string of the molecule is NC(Cc1ccc(Cl)cc1F)c1ccc2ccccc2c1. The summed E-state index contributed by atoms with van der Waals surface area (Å²) >= 11 is 5.76. The molecule has 0 bridgehead atoms. The van der Waals surface area contributed by atoms with Crippen LogP contribution in [0.3, 0.4) is 0 Å². The molecule has 1 atom stereocenters. The first-order valence-corrected chi connectivity index (χ1v) is 7.19. The fourth-order valence-corrected chi connectivity index (χ4v) is 2.64. The van der Waals surface area contributed by atoms with Crippen LogP contribution in [0.15, 0.2) is 60.7 Å². The zero-order valence-corrected chi connectivity index (χ0v) is 12.1. The minimum Gasteiger partial charge on any atom is -0.324 e. The lowest BCUT2D eigenvalue weighted by Crippen LogP contribution is -2.14. The molecule has 0 aromatic heterocycles. The molecule has 1 unspecified atom stereocenters. The molecular weight excluding hydrogens is 285 g/mol. The Labute approximate surface area is 128 Å². The van der Waals surface area contributed by atoms with E-state index < -0.39 is 0 Å². The van der Waals surface area contributed by atoms with Gasteiger partial charge in [-0.3, -0.25) is 0 Å². The molecule has 0 amide bonds. The van der Waals surface area contributed by atoms with E-state index in [-0.39, 0.29) is 11.9 Å². The fraction of sp³-hybridized carbons (Fsp3) is 0.111. The number of hydrogen-bond acceptors (Lipinski definition) is 1. The van der Waals surface area contributed by atoms with Crippen molar-refractivity contribution in [3.63, 3.8) is 0 Å². The van der Waals surface area contributed by atoms with Crippen LogP contribution >= 0.6 is 11.6 Å². The smallest absolute Gasteiger partial charge is 0.127 e. The maximum absolute atomic E-state index is 13.8. The number of fused-ring (bicyclic) bond motifs is 1. The van der Waals surface area contributed by atoms with Crippen LogP contribution in [-0.2, 0) is 6.42 Å². The van der Waals surface area contributed by atoms with E-state index in [2.05, 4.69) is 18.2 Å². The minimum absolute atomic E-state index is 0.245. The van der Waals surface area contributed by atoms with Gasteiger partial charge in [0.1, 0.15) is 5.82 Å². The van der Waals surface area contributed by atoms with Gasteiger partial charge < -0.3 is 5.73 Å². The Morgan fingerprint density at radius 2 is 1.71 bits per heavy atom. The van der Waals surface area contributed by atoms with Gasteiger partial charge in [-0.05, 0) is 46.5 Å². The monoisotopic (exact) mass is 299 g/mol. The van der Waals surface area contributed by atoms with E-state index in [4.69, 9.17) is 17.3 Å². The van der Waals surface area contributed by atoms with Crippen molar-refractivity contribution in [2.75, 3.05) is 0 Å². The molecule has 0 aliphatic rings. The highest BCUT2D eigenvalue weighted by Gasteiger charge is 2.11. The van der Waals surface area contributed by atoms with Crippen molar-refractivity contribution >= 4 is 22.4 Å². The van der Waals surface area contributed by atoms with Gasteiger partial charge in [-0.2, -0.15) is 0 Å². The first-order valence-electron chi connectivity index (χ1n) is 6.82. The molecule has 3 rings (SSSR count). The van der Waals surface area contributed by atoms with Crippen LogP contribution in [0.25, 0.3) is 10.8 Å². The summed E-state index contributed by atoms with van der Waals surface area (Å²) in [4.78, 5) is 0. The van der Waals surface area contributed by atoms with Crippen LogP contribution in [0, 0.1) is 5.82 Å². The highest BCUT2D eigenvalue weighted by molar-refractivity contribution is 6.30. The van der Waals surface area contributed by atoms with Crippen molar-refractivity contribution in [1.29, 1.82) is 0 Å². The van der Waals surface area contributed by atoms with E-state index in [0.29, 0.717) is 17.0 Å². The number of rotatable bonds is 3. The Morgan fingerprint density at radius 3 is 2.48 bits per heavy atom. The first kappa shape index (κ1) is 14.1. The predicted octanol–water partition coefficient (Wildman–Crippen LogP) is 4.87. The Bertz CT molecular complexity index is 785. The maximum Gasteiger partial charge on any atom is 0.127 e. The van der Waals surface area contributed by atoms with Crippen LogP contribution in [0.1, 0.15) is 17.2 Å². The summed E-state index contributed by atoms with van der Waals surface area (Å²) in [5.41, 5.74) is 7.81. The average Bonchev–Trinajstić information content (AvgIpc) is 2.49. The van der Waals surface area contributed by atoms with Crippen LogP contribution in [0.2, 0.25) is 5.02 Å². The third-order valence-corrected chi connectivity index (χ3v) is 3.89. The second-order valence-corrected chi connectivity index (χ2v) is 5.59. The molecule has 3 heteroatoms. The molecule has 2 N–H and O–H groups in total. The Kier molecular flexibility index (Phi) is 3.91. The molecule has 106 valence electrons. The number of halogens is 2. The van der Waals surface area contributed by atoms with Gasteiger partial charge in [0, 0.05) is 11.1 Å². The maximum atomic E-state index is 13.8. The third kappa shape index (κ3) is 3.07. The molecule has 0 spiro atoms. The summed E-state index contributed by atoms with van der Waals surface area (Å²) in [7, 11) is 0. The molecule has 0 saturated carbocycles. The summed E-state index contributed by atoms with van der Waals surface area (Å²) in [5.74, 6) is -0.307. The molecule has 0 aliphatic heterocycles. The normalized spacial score (nSPS) is 12.5. The van der Waals surface area contributed by atoms with E-state index in [1.807, 2.05) is 24.3 Å². The average molecular weight is 300 g/mol. The lowest BCUT2D eigenvalue weighted by atomic mass is 9.97. The summed E-state index contributed by atoms with van der Waals surface area (Å²) in [6.07, 6.45) is 0.446. The Balaban J connectivity index is 1.87. The van der Waals surface area contributed by atoms with Gasteiger partial charge in [0.25, 0.3) is 0 Å². The third-order valence-electron chi connectivity index (χ3n) is 3.66. The zero-order chi connectivity index (χ0) is 14.8. The van der Waals surface area contributed by atoms with Gasteiger partial charge in [0.05, 0.1) is 0 Å². The van der Waals surface area contributed by atoms with Crippen LogP contribution < -0.4 is 5.73 Å². The summed E-state index contributed by atoms with van der Waals surface area (Å²) < 4.78 is 13.8. The summed E-state index contributed by atoms with van der Waals surface area (Å²) in [6, 6.07) is 18.7. The second-order valence-electron chi connectivity index (χ2n) is 5.15. The molecule has 0 heterocycles. The number of benzene rings is 3. The van der Waals surface area contributed by atoms with Crippen LogP contribution in [-0.4, -0.2) is 0 Å². The zero-order valence-electron chi connectivity index (χ0n) is 11.4. The van der Waals surface area contributed by atoms with Crippen molar-refractivity contribution in [3.05, 3.63) is 82.6 Å². The molecule has 21 heavy (non-hydrogen) atoms. The molecule has 0 fully saturated rings. The van der Waals surface area contributed by atoms with Crippen molar-refractivity contribution in [1.82, 2.24) is 0 Å². The van der Waals surface area contributed by atoms with Crippen LogP contribution in [0.4, 0.5) is 4.39 Å². The minimum atomic E-state index is -0.307. The molecule has 0 saturated heterocycles. The summed E-state index contributed by atoms with van der Waals surface area (Å²) in [5, 5.41) is 2.71. The van der Waals surface area contributed by atoms with Crippen molar-refractivity contribution in [2.24, 2.45) is 5.73 Å². The first-order chi connectivity index (χ1) is 10.1. The molecule has 3 aromatic carbocycles. The quantitative estimate of drug-likeness (QED) is 0.733. The highest BCUT2D eigenvalue weighted by Crippen LogP contribution is 2.23. The largest absolute Gasteiger partial charge is 0.324 e. The standard InChI is InChI=1S/C18H15ClFN/c19-16-8-7-14(17(20)11-16)10-18(21)15-6-5-12-3-1-2-4-13(12)9-15/h1-9,11,18H,10,21H2. The molecule has 0 radical (unpaired) electrons. The van der Waals surface area contributed by atoms with Crippen molar-refractivity contribution in [3.8, 4) is 0 Å². The van der Waals surface area contributed by atoms with E-state index >= 15 is 0 Å². The van der Waals surface area contributed by atoms with Gasteiger partial charge in [-0.15, -0.1) is 0 Å².